The summed E-state index contributed by atoms with van der Waals surface area (Å²) >= 11 is 1.46. The van der Waals surface area contributed by atoms with Crippen molar-refractivity contribution in [3.63, 3.8) is 0 Å². The fourth-order valence-corrected chi connectivity index (χ4v) is 7.40. The molecule has 10 heteroatoms. The van der Waals surface area contributed by atoms with Gasteiger partial charge in [0.25, 0.3) is 5.69 Å². The maximum atomic E-state index is 15.2. The Hall–Kier alpha value is -3.21. The van der Waals surface area contributed by atoms with Gasteiger partial charge in [-0.2, -0.15) is 0 Å². The van der Waals surface area contributed by atoms with E-state index < -0.39 is 0 Å². The molecule has 0 saturated carbocycles. The standard InChI is InChI=1S/C29H35FN6O2S/c1-3-32-11-15-34(16-12-32)26-24-22-9-6-10-23(30)27(22)39-28(24)25(20-7-5-8-21(19-20)36(37)38)31-29(26)35-17-13-33(4-2)14-18-35/h5-10,19,25,31H,3-4,11-18H2,1-2H3. The van der Waals surface area contributed by atoms with E-state index in [9.17, 15) is 10.1 Å². The van der Waals surface area contributed by atoms with Crippen LogP contribution in [0.5, 0.6) is 0 Å². The SMILES string of the molecule is CCN1CCN(C2=C(N3CCN(CC)CC3)c3c(sc4c(F)cccc34)C(c3cccc([N+](=O)[O-])c3)N2)CC1. The molecule has 2 fully saturated rings. The molecule has 0 spiro atoms. The molecule has 2 saturated heterocycles. The van der Waals surface area contributed by atoms with Crippen LogP contribution in [0.25, 0.3) is 15.8 Å². The number of hydrogen-bond donors (Lipinski definition) is 1. The Bertz CT molecular complexity index is 1410. The van der Waals surface area contributed by atoms with Gasteiger partial charge in [0.05, 0.1) is 21.4 Å². The number of non-ortho nitro benzene ring substituents is 1. The molecule has 206 valence electrons. The summed E-state index contributed by atoms with van der Waals surface area (Å²) in [5.74, 6) is 0.835. The van der Waals surface area contributed by atoms with Crippen LogP contribution in [0.15, 0.2) is 48.3 Å². The van der Waals surface area contributed by atoms with Crippen molar-refractivity contribution in [2.45, 2.75) is 19.9 Å². The summed E-state index contributed by atoms with van der Waals surface area (Å²) in [6.45, 7) is 14.0. The molecule has 3 aliphatic heterocycles. The van der Waals surface area contributed by atoms with Crippen molar-refractivity contribution >= 4 is 32.8 Å². The van der Waals surface area contributed by atoms with Crippen LogP contribution in [0.1, 0.15) is 35.9 Å². The molecule has 1 atom stereocenters. The number of nitrogens with one attached hydrogen (secondary N) is 1. The van der Waals surface area contributed by atoms with E-state index in [0.717, 1.165) is 98.4 Å². The normalized spacial score (nSPS) is 20.8. The van der Waals surface area contributed by atoms with E-state index in [2.05, 4.69) is 38.8 Å². The van der Waals surface area contributed by atoms with Crippen molar-refractivity contribution in [2.24, 2.45) is 0 Å². The van der Waals surface area contributed by atoms with E-state index in [4.69, 9.17) is 0 Å². The maximum absolute atomic E-state index is 15.2. The number of fused-ring (bicyclic) bond motifs is 3. The highest BCUT2D eigenvalue weighted by Crippen LogP contribution is 2.48. The van der Waals surface area contributed by atoms with Crippen molar-refractivity contribution in [1.82, 2.24) is 24.9 Å². The number of nitro benzene ring substituents is 1. The summed E-state index contributed by atoms with van der Waals surface area (Å²) in [7, 11) is 0. The Balaban J connectivity index is 1.54. The van der Waals surface area contributed by atoms with Crippen LogP contribution in [-0.4, -0.2) is 90.0 Å². The Morgan fingerprint density at radius 2 is 1.59 bits per heavy atom. The molecule has 1 unspecified atom stereocenters. The molecular formula is C29H35FN6O2S. The first kappa shape index (κ1) is 26.0. The molecule has 1 aromatic heterocycles. The third kappa shape index (κ3) is 4.74. The number of rotatable bonds is 6. The highest BCUT2D eigenvalue weighted by molar-refractivity contribution is 7.19. The Kier molecular flexibility index (Phi) is 7.18. The number of benzene rings is 2. The second-order valence-corrected chi connectivity index (χ2v) is 11.5. The zero-order valence-corrected chi connectivity index (χ0v) is 23.3. The third-order valence-corrected chi connectivity index (χ3v) is 9.66. The van der Waals surface area contributed by atoms with Gasteiger partial charge in [0.15, 0.2) is 0 Å². The van der Waals surface area contributed by atoms with Gasteiger partial charge in [-0.1, -0.05) is 38.1 Å². The van der Waals surface area contributed by atoms with Gasteiger partial charge in [-0.25, -0.2) is 4.39 Å². The number of halogens is 1. The van der Waals surface area contributed by atoms with Gasteiger partial charge in [0, 0.05) is 80.3 Å². The van der Waals surface area contributed by atoms with Crippen LogP contribution < -0.4 is 5.32 Å². The molecule has 6 rings (SSSR count). The van der Waals surface area contributed by atoms with Crippen LogP contribution in [0.2, 0.25) is 0 Å². The predicted octanol–water partition coefficient (Wildman–Crippen LogP) is 4.54. The summed E-state index contributed by atoms with van der Waals surface area (Å²) in [6, 6.07) is 11.9. The first-order chi connectivity index (χ1) is 19.0. The highest BCUT2D eigenvalue weighted by Gasteiger charge is 2.38. The van der Waals surface area contributed by atoms with E-state index in [1.807, 2.05) is 12.1 Å². The lowest BCUT2D eigenvalue weighted by Crippen LogP contribution is -2.52. The zero-order chi connectivity index (χ0) is 27.1. The molecular weight excluding hydrogens is 515 g/mol. The number of piperazine rings is 2. The molecule has 39 heavy (non-hydrogen) atoms. The molecule has 0 aliphatic carbocycles. The van der Waals surface area contributed by atoms with Crippen LogP contribution >= 0.6 is 11.3 Å². The maximum Gasteiger partial charge on any atom is 0.269 e. The van der Waals surface area contributed by atoms with E-state index in [1.165, 1.54) is 23.5 Å². The topological polar surface area (TPSA) is 68.1 Å². The second kappa shape index (κ2) is 10.7. The smallest absolute Gasteiger partial charge is 0.269 e. The fraction of sp³-hybridized carbons (Fsp3) is 0.448. The van der Waals surface area contributed by atoms with Crippen molar-refractivity contribution in [2.75, 3.05) is 65.4 Å². The third-order valence-electron chi connectivity index (χ3n) is 8.38. The number of likely N-dealkylation sites (N-methyl/N-ethyl adjacent to an activating group) is 2. The summed E-state index contributed by atoms with van der Waals surface area (Å²) in [6.07, 6.45) is 0. The van der Waals surface area contributed by atoms with Gasteiger partial charge in [0.1, 0.15) is 11.6 Å². The van der Waals surface area contributed by atoms with Crippen LogP contribution in [-0.2, 0) is 0 Å². The number of nitro groups is 1. The molecule has 3 aliphatic rings. The quantitative estimate of drug-likeness (QED) is 0.357. The zero-order valence-electron chi connectivity index (χ0n) is 22.5. The number of hydrogen-bond acceptors (Lipinski definition) is 8. The highest BCUT2D eigenvalue weighted by atomic mass is 32.1. The fourth-order valence-electron chi connectivity index (χ4n) is 6.12. The molecule has 8 nitrogen and oxygen atoms in total. The van der Waals surface area contributed by atoms with Crippen LogP contribution in [0, 0.1) is 15.9 Å². The summed E-state index contributed by atoms with van der Waals surface area (Å²) in [5.41, 5.74) is 3.09. The Morgan fingerprint density at radius 3 is 2.23 bits per heavy atom. The average Bonchev–Trinajstić information content (AvgIpc) is 3.37. The van der Waals surface area contributed by atoms with Gasteiger partial charge in [0.2, 0.25) is 0 Å². The summed E-state index contributed by atoms with van der Waals surface area (Å²) in [5, 5.41) is 16.4. The molecule has 0 amide bonds. The number of thiophene rings is 1. The van der Waals surface area contributed by atoms with E-state index in [1.54, 1.807) is 18.2 Å². The van der Waals surface area contributed by atoms with E-state index in [0.29, 0.717) is 4.70 Å². The van der Waals surface area contributed by atoms with Gasteiger partial charge in [-0.3, -0.25) is 10.1 Å². The average molecular weight is 551 g/mol. The predicted molar refractivity (Wildman–Crippen MR) is 154 cm³/mol. The van der Waals surface area contributed by atoms with Gasteiger partial charge >= 0.3 is 0 Å². The molecule has 0 radical (unpaired) electrons. The Labute approximate surface area is 232 Å². The van der Waals surface area contributed by atoms with E-state index in [-0.39, 0.29) is 22.5 Å². The summed E-state index contributed by atoms with van der Waals surface area (Å²) in [4.78, 5) is 22.1. The van der Waals surface area contributed by atoms with Crippen molar-refractivity contribution in [3.05, 3.63) is 80.2 Å². The molecule has 4 heterocycles. The minimum atomic E-state index is -0.350. The first-order valence-corrected chi connectivity index (χ1v) is 14.7. The van der Waals surface area contributed by atoms with Gasteiger partial charge < -0.3 is 24.9 Å². The molecule has 3 aromatic rings. The van der Waals surface area contributed by atoms with Crippen molar-refractivity contribution in [3.8, 4) is 0 Å². The van der Waals surface area contributed by atoms with Crippen molar-refractivity contribution in [1.29, 1.82) is 0 Å². The second-order valence-electron chi connectivity index (χ2n) is 10.4. The lowest BCUT2D eigenvalue weighted by atomic mass is 9.93. The van der Waals surface area contributed by atoms with E-state index >= 15 is 4.39 Å². The van der Waals surface area contributed by atoms with Gasteiger partial charge in [-0.05, 0) is 24.7 Å². The molecule has 0 bridgehead atoms. The van der Waals surface area contributed by atoms with Crippen LogP contribution in [0.4, 0.5) is 10.1 Å². The largest absolute Gasteiger partial charge is 0.366 e. The first-order valence-electron chi connectivity index (χ1n) is 13.9. The van der Waals surface area contributed by atoms with Gasteiger partial charge in [-0.15, -0.1) is 11.3 Å². The minimum absolute atomic E-state index is 0.0618. The lowest BCUT2D eigenvalue weighted by molar-refractivity contribution is -0.384. The van der Waals surface area contributed by atoms with Crippen LogP contribution in [0.3, 0.4) is 0 Å². The minimum Gasteiger partial charge on any atom is -0.366 e. The molecule has 2 aromatic carbocycles. The lowest BCUT2D eigenvalue weighted by Gasteiger charge is -2.45. The monoisotopic (exact) mass is 550 g/mol. The number of nitrogens with zero attached hydrogens (tertiary/aromatic N) is 5. The summed E-state index contributed by atoms with van der Waals surface area (Å²) < 4.78 is 15.9. The van der Waals surface area contributed by atoms with Crippen molar-refractivity contribution < 1.29 is 9.31 Å². The Morgan fingerprint density at radius 1 is 0.949 bits per heavy atom. The molecule has 1 N–H and O–H groups in total.